The summed E-state index contributed by atoms with van der Waals surface area (Å²) in [6, 6.07) is 17.1. The maximum Gasteiger partial charge on any atom is 0.0253 e. The number of thioether (sulfide) groups is 1. The average molecular weight is 357 g/mol. The summed E-state index contributed by atoms with van der Waals surface area (Å²) in [5.74, 6) is 1.65. The van der Waals surface area contributed by atoms with E-state index in [9.17, 15) is 0 Å². The molecule has 1 atom stereocenters. The van der Waals surface area contributed by atoms with Gasteiger partial charge in [-0.1, -0.05) is 70.5 Å². The van der Waals surface area contributed by atoms with Crippen LogP contribution in [0.3, 0.4) is 0 Å². The molecule has 0 saturated heterocycles. The minimum Gasteiger partial charge on any atom is -0.134 e. The summed E-state index contributed by atoms with van der Waals surface area (Å²) in [5.41, 5.74) is 5.21. The third kappa shape index (κ3) is 3.33. The predicted octanol–water partition coefficient (Wildman–Crippen LogP) is 6.07. The largest absolute Gasteiger partial charge is 0.134 e. The third-order valence-electron chi connectivity index (χ3n) is 3.69. The topological polar surface area (TPSA) is 0 Å². The quantitative estimate of drug-likeness (QED) is 0.643. The van der Waals surface area contributed by atoms with E-state index in [-0.39, 0.29) is 0 Å². The molecule has 3 rings (SSSR count). The lowest BCUT2D eigenvalue weighted by Crippen LogP contribution is -1.98. The Morgan fingerprint density at radius 2 is 1.81 bits per heavy atom. The van der Waals surface area contributed by atoms with Crippen LogP contribution in [-0.4, -0.2) is 5.75 Å². The van der Waals surface area contributed by atoms with E-state index in [1.807, 2.05) is 11.8 Å². The molecule has 2 heteroatoms. The van der Waals surface area contributed by atoms with Crippen LogP contribution in [0.15, 0.2) is 70.6 Å². The molecule has 0 fully saturated rings. The first-order chi connectivity index (χ1) is 10.3. The van der Waals surface area contributed by atoms with Crippen LogP contribution < -0.4 is 0 Å². The van der Waals surface area contributed by atoms with Crippen molar-refractivity contribution in [1.29, 1.82) is 0 Å². The Labute approximate surface area is 139 Å². The van der Waals surface area contributed by atoms with Crippen molar-refractivity contribution in [3.05, 3.63) is 87.3 Å². The standard InChI is InChI=1S/C19H17BrS/c1-14-6-2-3-7-16(14)18(12-15-10-11-21-13-15)17-8-4-5-9-19(17)20/h2-12,15H,13H2,1H3. The van der Waals surface area contributed by atoms with Gasteiger partial charge in [0.25, 0.3) is 0 Å². The van der Waals surface area contributed by atoms with Gasteiger partial charge in [0.1, 0.15) is 0 Å². The van der Waals surface area contributed by atoms with Gasteiger partial charge in [-0.15, -0.1) is 11.8 Å². The van der Waals surface area contributed by atoms with Gasteiger partial charge < -0.3 is 0 Å². The Morgan fingerprint density at radius 3 is 2.48 bits per heavy atom. The molecule has 21 heavy (non-hydrogen) atoms. The van der Waals surface area contributed by atoms with Crippen molar-refractivity contribution in [3.63, 3.8) is 0 Å². The molecule has 1 unspecified atom stereocenters. The van der Waals surface area contributed by atoms with E-state index in [2.05, 4.69) is 88.9 Å². The van der Waals surface area contributed by atoms with Gasteiger partial charge in [-0.05, 0) is 40.7 Å². The maximum absolute atomic E-state index is 3.70. The monoisotopic (exact) mass is 356 g/mol. The Bertz CT molecular complexity index is 653. The van der Waals surface area contributed by atoms with Gasteiger partial charge >= 0.3 is 0 Å². The van der Waals surface area contributed by atoms with Crippen molar-refractivity contribution in [1.82, 2.24) is 0 Å². The van der Waals surface area contributed by atoms with Crippen molar-refractivity contribution in [3.8, 4) is 0 Å². The number of halogens is 1. The molecule has 0 aromatic heterocycles. The number of hydrogen-bond acceptors (Lipinski definition) is 1. The number of hydrogen-bond donors (Lipinski definition) is 0. The molecule has 106 valence electrons. The molecule has 1 aliphatic heterocycles. The molecular weight excluding hydrogens is 340 g/mol. The lowest BCUT2D eigenvalue weighted by molar-refractivity contribution is 0.976. The van der Waals surface area contributed by atoms with Crippen molar-refractivity contribution in [2.24, 2.45) is 5.92 Å². The van der Waals surface area contributed by atoms with E-state index in [0.717, 1.165) is 10.2 Å². The molecule has 0 radical (unpaired) electrons. The highest BCUT2D eigenvalue weighted by molar-refractivity contribution is 9.10. The van der Waals surface area contributed by atoms with E-state index < -0.39 is 0 Å². The summed E-state index contributed by atoms with van der Waals surface area (Å²) in [4.78, 5) is 0. The number of allylic oxidation sites excluding steroid dienone is 2. The van der Waals surface area contributed by atoms with Crippen molar-refractivity contribution in [2.75, 3.05) is 5.75 Å². The highest BCUT2D eigenvalue weighted by Crippen LogP contribution is 2.34. The van der Waals surface area contributed by atoms with Crippen LogP contribution >= 0.6 is 27.7 Å². The van der Waals surface area contributed by atoms with Gasteiger partial charge in [-0.2, -0.15) is 0 Å². The number of benzene rings is 2. The fourth-order valence-corrected chi connectivity index (χ4v) is 3.93. The van der Waals surface area contributed by atoms with Gasteiger partial charge in [0.05, 0.1) is 0 Å². The second-order valence-corrected chi connectivity index (χ2v) is 6.99. The molecule has 2 aromatic rings. The Morgan fingerprint density at radius 1 is 1.10 bits per heavy atom. The van der Waals surface area contributed by atoms with Crippen LogP contribution in [0, 0.1) is 12.8 Å². The first-order valence-electron chi connectivity index (χ1n) is 7.06. The maximum atomic E-state index is 3.70. The highest BCUT2D eigenvalue weighted by atomic mass is 79.9. The lowest BCUT2D eigenvalue weighted by atomic mass is 9.91. The van der Waals surface area contributed by atoms with Gasteiger partial charge in [0, 0.05) is 16.1 Å². The van der Waals surface area contributed by atoms with Gasteiger partial charge in [-0.3, -0.25) is 0 Å². The van der Waals surface area contributed by atoms with E-state index in [0.29, 0.717) is 5.92 Å². The second-order valence-electron chi connectivity index (χ2n) is 5.20. The van der Waals surface area contributed by atoms with Crippen LogP contribution in [0.2, 0.25) is 0 Å². The molecule has 0 N–H and O–H groups in total. The second kappa shape index (κ2) is 6.67. The van der Waals surface area contributed by atoms with Crippen LogP contribution in [-0.2, 0) is 0 Å². The highest BCUT2D eigenvalue weighted by Gasteiger charge is 2.14. The summed E-state index contributed by atoms with van der Waals surface area (Å²) in [6.45, 7) is 2.18. The van der Waals surface area contributed by atoms with Crippen LogP contribution in [0.4, 0.5) is 0 Å². The van der Waals surface area contributed by atoms with Crippen LogP contribution in [0.5, 0.6) is 0 Å². The first kappa shape index (κ1) is 14.7. The number of aryl methyl sites for hydroxylation is 1. The van der Waals surface area contributed by atoms with Crippen LogP contribution in [0.25, 0.3) is 5.57 Å². The van der Waals surface area contributed by atoms with Crippen molar-refractivity contribution >= 4 is 33.3 Å². The smallest absolute Gasteiger partial charge is 0.0253 e. The first-order valence-corrected chi connectivity index (χ1v) is 8.91. The SMILES string of the molecule is Cc1ccccc1C(=CC1C=CSC1)c1ccccc1Br. The molecule has 0 nitrogen and oxygen atoms in total. The molecule has 0 bridgehead atoms. The van der Waals surface area contributed by atoms with E-state index in [4.69, 9.17) is 0 Å². The molecule has 0 aliphatic carbocycles. The normalized spacial score (nSPS) is 18.2. The van der Waals surface area contributed by atoms with Gasteiger partial charge in [-0.25, -0.2) is 0 Å². The molecule has 1 heterocycles. The van der Waals surface area contributed by atoms with Crippen molar-refractivity contribution in [2.45, 2.75) is 6.92 Å². The minimum absolute atomic E-state index is 0.511. The van der Waals surface area contributed by atoms with Crippen LogP contribution in [0.1, 0.15) is 16.7 Å². The summed E-state index contributed by atoms with van der Waals surface area (Å²) in [6.07, 6.45) is 4.69. The summed E-state index contributed by atoms with van der Waals surface area (Å²) < 4.78 is 1.15. The molecule has 1 aliphatic rings. The number of rotatable bonds is 3. The fraction of sp³-hybridized carbons (Fsp3) is 0.158. The molecule has 0 amide bonds. The Balaban J connectivity index is 2.14. The summed E-state index contributed by atoms with van der Waals surface area (Å²) in [5, 5.41) is 2.21. The average Bonchev–Trinajstić information content (AvgIpc) is 3.00. The van der Waals surface area contributed by atoms with E-state index >= 15 is 0 Å². The molecule has 2 aromatic carbocycles. The molecule has 0 spiro atoms. The minimum atomic E-state index is 0.511. The lowest BCUT2D eigenvalue weighted by Gasteiger charge is -2.15. The zero-order chi connectivity index (χ0) is 14.7. The Kier molecular flexibility index (Phi) is 4.67. The van der Waals surface area contributed by atoms with E-state index in [1.165, 1.54) is 22.3 Å². The zero-order valence-corrected chi connectivity index (χ0v) is 14.3. The Hall–Kier alpha value is -1.25. The molecular formula is C19H17BrS. The van der Waals surface area contributed by atoms with Gasteiger partial charge in [0.2, 0.25) is 0 Å². The third-order valence-corrected chi connectivity index (χ3v) is 5.31. The van der Waals surface area contributed by atoms with Gasteiger partial charge in [0.15, 0.2) is 0 Å². The predicted molar refractivity (Wildman–Crippen MR) is 97.5 cm³/mol. The zero-order valence-electron chi connectivity index (χ0n) is 11.9. The summed E-state index contributed by atoms with van der Waals surface area (Å²) >= 11 is 5.59. The van der Waals surface area contributed by atoms with E-state index in [1.54, 1.807) is 0 Å². The fourth-order valence-electron chi connectivity index (χ4n) is 2.58. The summed E-state index contributed by atoms with van der Waals surface area (Å²) in [7, 11) is 0. The molecule has 0 saturated carbocycles. The van der Waals surface area contributed by atoms with Crippen molar-refractivity contribution < 1.29 is 0 Å².